The molecule has 27 heavy (non-hydrogen) atoms. The lowest BCUT2D eigenvalue weighted by Crippen LogP contribution is -2.21. The maximum absolute atomic E-state index is 12.2. The molecule has 1 aliphatic carbocycles. The van der Waals surface area contributed by atoms with E-state index >= 15 is 0 Å². The van der Waals surface area contributed by atoms with Gasteiger partial charge in [-0.25, -0.2) is 14.6 Å². The second-order valence-electron chi connectivity index (χ2n) is 6.85. The van der Waals surface area contributed by atoms with Crippen LogP contribution in [0.15, 0.2) is 41.8 Å². The molecule has 0 amide bonds. The highest BCUT2D eigenvalue weighted by atomic mass is 32.2. The third-order valence-corrected chi connectivity index (χ3v) is 5.76. The Balaban J connectivity index is 1.48. The first-order valence-electron chi connectivity index (χ1n) is 9.29. The molecule has 0 atom stereocenters. The number of rotatable bonds is 5. The van der Waals surface area contributed by atoms with Gasteiger partial charge in [0.2, 0.25) is 0 Å². The number of ether oxygens (including phenoxy) is 1. The van der Waals surface area contributed by atoms with Gasteiger partial charge in [0, 0.05) is 0 Å². The van der Waals surface area contributed by atoms with Crippen LogP contribution in [0.25, 0.3) is 16.7 Å². The van der Waals surface area contributed by atoms with E-state index in [9.17, 15) is 4.79 Å². The van der Waals surface area contributed by atoms with E-state index in [-0.39, 0.29) is 17.8 Å². The number of hydrogen-bond acceptors (Lipinski definition) is 6. The summed E-state index contributed by atoms with van der Waals surface area (Å²) in [5.41, 5.74) is 2.87. The van der Waals surface area contributed by atoms with E-state index < -0.39 is 0 Å². The van der Waals surface area contributed by atoms with E-state index in [1.165, 1.54) is 30.1 Å². The second-order valence-corrected chi connectivity index (χ2v) is 7.81. The molecule has 2 aromatic heterocycles. The van der Waals surface area contributed by atoms with Crippen molar-refractivity contribution >= 4 is 28.8 Å². The third kappa shape index (κ3) is 4.13. The summed E-state index contributed by atoms with van der Waals surface area (Å²) in [6, 6.07) is 8.11. The molecule has 1 aliphatic rings. The molecule has 0 aliphatic heterocycles. The topological polar surface area (TPSA) is 69.9 Å². The molecule has 0 bridgehead atoms. The molecule has 1 fully saturated rings. The Labute approximate surface area is 162 Å². The molecular formula is C20H22N4O2S. The van der Waals surface area contributed by atoms with Gasteiger partial charge in [-0.15, -0.1) is 0 Å². The van der Waals surface area contributed by atoms with Crippen molar-refractivity contribution in [3.63, 3.8) is 0 Å². The zero-order valence-electron chi connectivity index (χ0n) is 15.3. The van der Waals surface area contributed by atoms with Crippen LogP contribution in [0.2, 0.25) is 0 Å². The van der Waals surface area contributed by atoms with Crippen molar-refractivity contribution in [1.82, 2.24) is 19.7 Å². The van der Waals surface area contributed by atoms with Crippen molar-refractivity contribution in [1.29, 1.82) is 0 Å². The molecule has 1 saturated carbocycles. The van der Waals surface area contributed by atoms with E-state index in [0.717, 1.165) is 47.4 Å². The van der Waals surface area contributed by atoms with Crippen molar-refractivity contribution < 1.29 is 9.53 Å². The van der Waals surface area contributed by atoms with Crippen LogP contribution in [0.4, 0.5) is 0 Å². The van der Waals surface area contributed by atoms with Gasteiger partial charge < -0.3 is 4.74 Å². The SMILES string of the molecule is Cc1ccc(-n2ncc3c(SCC(=O)OC4CCCCC4)ncnc32)cc1. The van der Waals surface area contributed by atoms with Gasteiger partial charge in [-0.2, -0.15) is 5.10 Å². The summed E-state index contributed by atoms with van der Waals surface area (Å²) in [4.78, 5) is 20.9. The summed E-state index contributed by atoms with van der Waals surface area (Å²) in [5.74, 6) is 0.0720. The normalized spacial score (nSPS) is 15.1. The lowest BCUT2D eigenvalue weighted by molar-refractivity contribution is -0.147. The fourth-order valence-corrected chi connectivity index (χ4v) is 4.09. The van der Waals surface area contributed by atoms with Gasteiger partial charge in [-0.3, -0.25) is 4.79 Å². The molecule has 0 saturated heterocycles. The summed E-state index contributed by atoms with van der Waals surface area (Å²) in [6.45, 7) is 2.05. The number of aromatic nitrogens is 4. The molecule has 4 rings (SSSR count). The Morgan fingerprint density at radius 2 is 1.96 bits per heavy atom. The number of fused-ring (bicyclic) bond motifs is 1. The number of carbonyl (C=O) groups is 1. The van der Waals surface area contributed by atoms with Gasteiger partial charge in [0.05, 0.1) is 23.0 Å². The van der Waals surface area contributed by atoms with Gasteiger partial charge in [0.1, 0.15) is 17.5 Å². The monoisotopic (exact) mass is 382 g/mol. The Hall–Kier alpha value is -2.41. The third-order valence-electron chi connectivity index (χ3n) is 4.78. The zero-order valence-corrected chi connectivity index (χ0v) is 16.1. The van der Waals surface area contributed by atoms with Crippen LogP contribution < -0.4 is 0 Å². The van der Waals surface area contributed by atoms with Crippen LogP contribution in [0.1, 0.15) is 37.7 Å². The predicted octanol–water partition coefficient (Wildman–Crippen LogP) is 4.09. The average molecular weight is 382 g/mol. The molecule has 140 valence electrons. The van der Waals surface area contributed by atoms with Crippen LogP contribution in [-0.4, -0.2) is 37.6 Å². The minimum atomic E-state index is -0.176. The van der Waals surface area contributed by atoms with Crippen LogP contribution >= 0.6 is 11.8 Å². The van der Waals surface area contributed by atoms with E-state index in [1.807, 2.05) is 31.2 Å². The second kappa shape index (κ2) is 8.08. The minimum Gasteiger partial charge on any atom is -0.462 e. The van der Waals surface area contributed by atoms with Crippen molar-refractivity contribution in [2.24, 2.45) is 0 Å². The molecule has 2 heterocycles. The van der Waals surface area contributed by atoms with E-state index in [0.29, 0.717) is 0 Å². The smallest absolute Gasteiger partial charge is 0.316 e. The van der Waals surface area contributed by atoms with Crippen molar-refractivity contribution in [2.45, 2.75) is 50.2 Å². The maximum atomic E-state index is 12.2. The molecule has 3 aromatic rings. The van der Waals surface area contributed by atoms with Gasteiger partial charge in [0.15, 0.2) is 5.65 Å². The Morgan fingerprint density at radius 3 is 2.74 bits per heavy atom. The Kier molecular flexibility index (Phi) is 5.38. The van der Waals surface area contributed by atoms with Crippen molar-refractivity contribution in [3.8, 4) is 5.69 Å². The maximum Gasteiger partial charge on any atom is 0.316 e. The number of nitrogens with zero attached hydrogens (tertiary/aromatic N) is 4. The summed E-state index contributed by atoms with van der Waals surface area (Å²) < 4.78 is 7.38. The first-order chi connectivity index (χ1) is 13.2. The summed E-state index contributed by atoms with van der Waals surface area (Å²) in [5, 5.41) is 6.05. The van der Waals surface area contributed by atoms with Gasteiger partial charge in [0.25, 0.3) is 0 Å². The lowest BCUT2D eigenvalue weighted by atomic mass is 9.98. The quantitative estimate of drug-likeness (QED) is 0.376. The molecule has 7 heteroatoms. The first kappa shape index (κ1) is 18.0. The van der Waals surface area contributed by atoms with Crippen LogP contribution in [0.5, 0.6) is 0 Å². The first-order valence-corrected chi connectivity index (χ1v) is 10.3. The standard InChI is InChI=1S/C20H22N4O2S/c1-14-7-9-15(10-8-14)24-19-17(11-23-24)20(22-13-21-19)27-12-18(25)26-16-5-3-2-4-6-16/h7-11,13,16H,2-6,12H2,1H3. The highest BCUT2D eigenvalue weighted by Crippen LogP contribution is 2.27. The molecule has 0 radical (unpaired) electrons. The summed E-state index contributed by atoms with van der Waals surface area (Å²) in [6.07, 6.45) is 8.86. The number of aryl methyl sites for hydroxylation is 1. The minimum absolute atomic E-state index is 0.0848. The summed E-state index contributed by atoms with van der Waals surface area (Å²) in [7, 11) is 0. The number of benzene rings is 1. The van der Waals surface area contributed by atoms with Gasteiger partial charge >= 0.3 is 5.97 Å². The molecule has 6 nitrogen and oxygen atoms in total. The number of thioether (sulfide) groups is 1. The average Bonchev–Trinajstić information content (AvgIpc) is 3.12. The predicted molar refractivity (Wildman–Crippen MR) is 105 cm³/mol. The molecule has 0 unspecified atom stereocenters. The fraction of sp³-hybridized carbons (Fsp3) is 0.400. The summed E-state index contributed by atoms with van der Waals surface area (Å²) >= 11 is 1.38. The van der Waals surface area contributed by atoms with E-state index in [1.54, 1.807) is 10.9 Å². The molecule has 1 aromatic carbocycles. The molecule has 0 N–H and O–H groups in total. The van der Waals surface area contributed by atoms with Gasteiger partial charge in [-0.05, 0) is 44.7 Å². The van der Waals surface area contributed by atoms with Crippen LogP contribution in [0, 0.1) is 6.92 Å². The lowest BCUT2D eigenvalue weighted by Gasteiger charge is -2.21. The largest absolute Gasteiger partial charge is 0.462 e. The Bertz CT molecular complexity index is 933. The van der Waals surface area contributed by atoms with E-state index in [2.05, 4.69) is 15.1 Å². The molecular weight excluding hydrogens is 360 g/mol. The number of hydrogen-bond donors (Lipinski definition) is 0. The van der Waals surface area contributed by atoms with E-state index in [4.69, 9.17) is 4.74 Å². The van der Waals surface area contributed by atoms with Crippen LogP contribution in [-0.2, 0) is 9.53 Å². The fourth-order valence-electron chi connectivity index (χ4n) is 3.34. The highest BCUT2D eigenvalue weighted by Gasteiger charge is 2.19. The highest BCUT2D eigenvalue weighted by molar-refractivity contribution is 8.00. The molecule has 0 spiro atoms. The Morgan fingerprint density at radius 1 is 1.19 bits per heavy atom. The number of esters is 1. The van der Waals surface area contributed by atoms with Gasteiger partial charge in [-0.1, -0.05) is 35.9 Å². The van der Waals surface area contributed by atoms with Crippen molar-refractivity contribution in [2.75, 3.05) is 5.75 Å². The van der Waals surface area contributed by atoms with Crippen LogP contribution in [0.3, 0.4) is 0 Å². The zero-order chi connectivity index (χ0) is 18.6. The number of carbonyl (C=O) groups excluding carboxylic acids is 1. The van der Waals surface area contributed by atoms with Crippen molar-refractivity contribution in [3.05, 3.63) is 42.4 Å².